The average Bonchev–Trinajstić information content (AvgIpc) is 3.21. The van der Waals surface area contributed by atoms with Gasteiger partial charge in [-0.1, -0.05) is 65.2 Å². The second-order valence-corrected chi connectivity index (χ2v) is 7.00. The van der Waals surface area contributed by atoms with E-state index in [1.807, 2.05) is 0 Å². The second-order valence-electron chi connectivity index (χ2n) is 7.00. The molecule has 1 heterocycles. The first-order valence-corrected chi connectivity index (χ1v) is 9.32. The van der Waals surface area contributed by atoms with E-state index in [4.69, 9.17) is 0 Å². The summed E-state index contributed by atoms with van der Waals surface area (Å²) in [5.74, 6) is 0.392. The fourth-order valence-electron chi connectivity index (χ4n) is 3.53. The van der Waals surface area contributed by atoms with E-state index in [-0.39, 0.29) is 5.54 Å². The van der Waals surface area contributed by atoms with Crippen molar-refractivity contribution in [2.75, 3.05) is 6.54 Å². The highest BCUT2D eigenvalue weighted by atomic mass is 16.2. The maximum atomic E-state index is 12.5. The fourth-order valence-corrected chi connectivity index (χ4v) is 3.53. The Morgan fingerprint density at radius 1 is 1.00 bits per heavy atom. The zero-order valence-electron chi connectivity index (χ0n) is 14.1. The Bertz CT molecular complexity index is 325. The number of rotatable bonds is 11. The van der Waals surface area contributed by atoms with Crippen molar-refractivity contribution in [1.29, 1.82) is 0 Å². The van der Waals surface area contributed by atoms with E-state index in [0.717, 1.165) is 32.2 Å². The van der Waals surface area contributed by atoms with E-state index in [1.54, 1.807) is 0 Å². The first kappa shape index (κ1) is 16.8. The number of carbonyl (C=O) groups excluding carboxylic acids is 1. The van der Waals surface area contributed by atoms with Crippen LogP contribution in [0.2, 0.25) is 0 Å². The molecular formula is C18H34N2O. The number of amides is 1. The summed E-state index contributed by atoms with van der Waals surface area (Å²) in [5.41, 5.74) is -0.125. The molecular weight excluding hydrogens is 260 g/mol. The SMILES string of the molecule is CCCCCCCCCCN1C(=O)C2(CC2)NC1CCC. The van der Waals surface area contributed by atoms with Crippen molar-refractivity contribution in [2.45, 2.75) is 103 Å². The van der Waals surface area contributed by atoms with Crippen LogP contribution in [0.15, 0.2) is 0 Å². The van der Waals surface area contributed by atoms with E-state index < -0.39 is 0 Å². The van der Waals surface area contributed by atoms with Gasteiger partial charge >= 0.3 is 0 Å². The molecule has 1 spiro atoms. The minimum atomic E-state index is -0.125. The van der Waals surface area contributed by atoms with Crippen LogP contribution in [0.3, 0.4) is 0 Å². The van der Waals surface area contributed by atoms with E-state index in [0.29, 0.717) is 12.1 Å². The van der Waals surface area contributed by atoms with Gasteiger partial charge in [0.15, 0.2) is 0 Å². The van der Waals surface area contributed by atoms with Gasteiger partial charge in [-0.25, -0.2) is 0 Å². The maximum Gasteiger partial charge on any atom is 0.244 e. The molecule has 1 N–H and O–H groups in total. The van der Waals surface area contributed by atoms with Crippen LogP contribution in [0.1, 0.15) is 90.9 Å². The van der Waals surface area contributed by atoms with Gasteiger partial charge in [0.1, 0.15) is 0 Å². The minimum absolute atomic E-state index is 0.125. The number of unbranched alkanes of at least 4 members (excludes halogenated alkanes) is 7. The molecule has 1 saturated carbocycles. The summed E-state index contributed by atoms with van der Waals surface area (Å²) in [4.78, 5) is 14.6. The summed E-state index contributed by atoms with van der Waals surface area (Å²) in [6.45, 7) is 5.44. The smallest absolute Gasteiger partial charge is 0.244 e. The normalized spacial score (nSPS) is 23.2. The molecule has 3 heteroatoms. The third kappa shape index (κ3) is 4.45. The molecule has 2 fully saturated rings. The van der Waals surface area contributed by atoms with Crippen LogP contribution in [0.5, 0.6) is 0 Å². The molecule has 1 saturated heterocycles. The molecule has 0 aromatic carbocycles. The van der Waals surface area contributed by atoms with Gasteiger partial charge in [0.25, 0.3) is 0 Å². The summed E-state index contributed by atoms with van der Waals surface area (Å²) >= 11 is 0. The van der Waals surface area contributed by atoms with Crippen molar-refractivity contribution in [3.05, 3.63) is 0 Å². The molecule has 2 rings (SSSR count). The molecule has 0 aromatic rings. The molecule has 2 aliphatic rings. The van der Waals surface area contributed by atoms with Crippen LogP contribution >= 0.6 is 0 Å². The molecule has 0 bridgehead atoms. The molecule has 3 nitrogen and oxygen atoms in total. The van der Waals surface area contributed by atoms with E-state index in [1.165, 1.54) is 51.4 Å². The quantitative estimate of drug-likeness (QED) is 0.579. The van der Waals surface area contributed by atoms with Crippen LogP contribution < -0.4 is 5.32 Å². The van der Waals surface area contributed by atoms with Crippen LogP contribution in [0.25, 0.3) is 0 Å². The summed E-state index contributed by atoms with van der Waals surface area (Å²) in [7, 11) is 0. The second kappa shape index (κ2) is 8.17. The number of hydrogen-bond donors (Lipinski definition) is 1. The van der Waals surface area contributed by atoms with Gasteiger partial charge in [-0.2, -0.15) is 0 Å². The number of carbonyl (C=O) groups is 1. The summed E-state index contributed by atoms with van der Waals surface area (Å²) < 4.78 is 0. The van der Waals surface area contributed by atoms with Crippen LogP contribution in [0, 0.1) is 0 Å². The van der Waals surface area contributed by atoms with Gasteiger partial charge in [0.05, 0.1) is 11.7 Å². The summed E-state index contributed by atoms with van der Waals surface area (Å²) in [6, 6.07) is 0. The summed E-state index contributed by atoms with van der Waals surface area (Å²) in [6.07, 6.45) is 15.3. The Labute approximate surface area is 130 Å². The Hall–Kier alpha value is -0.570. The monoisotopic (exact) mass is 294 g/mol. The van der Waals surface area contributed by atoms with Crippen LogP contribution in [-0.2, 0) is 4.79 Å². The highest BCUT2D eigenvalue weighted by Gasteiger charge is 2.58. The molecule has 0 radical (unpaired) electrons. The van der Waals surface area contributed by atoms with Crippen LogP contribution in [-0.4, -0.2) is 29.1 Å². The maximum absolute atomic E-state index is 12.5. The zero-order valence-corrected chi connectivity index (χ0v) is 14.1. The van der Waals surface area contributed by atoms with Crippen molar-refractivity contribution in [3.8, 4) is 0 Å². The molecule has 1 amide bonds. The lowest BCUT2D eigenvalue weighted by Gasteiger charge is -2.23. The Morgan fingerprint density at radius 3 is 2.19 bits per heavy atom. The Kier molecular flexibility index (Phi) is 6.53. The van der Waals surface area contributed by atoms with Gasteiger partial charge in [0, 0.05) is 6.54 Å². The predicted octanol–water partition coefficient (Wildman–Crippen LogP) is 4.22. The van der Waals surface area contributed by atoms with Crippen molar-refractivity contribution < 1.29 is 4.79 Å². The molecule has 21 heavy (non-hydrogen) atoms. The minimum Gasteiger partial charge on any atom is -0.326 e. The molecule has 122 valence electrons. The first-order valence-electron chi connectivity index (χ1n) is 9.32. The lowest BCUT2D eigenvalue weighted by molar-refractivity contribution is -0.130. The van der Waals surface area contributed by atoms with Gasteiger partial charge in [-0.3, -0.25) is 10.1 Å². The van der Waals surface area contributed by atoms with Gasteiger partial charge in [-0.15, -0.1) is 0 Å². The lowest BCUT2D eigenvalue weighted by Crippen LogP contribution is -2.37. The zero-order chi connectivity index (χ0) is 15.1. The third-order valence-electron chi connectivity index (χ3n) is 5.05. The molecule has 1 atom stereocenters. The highest BCUT2D eigenvalue weighted by Crippen LogP contribution is 2.42. The van der Waals surface area contributed by atoms with Gasteiger partial charge in [-0.05, 0) is 25.7 Å². The molecule has 0 aromatic heterocycles. The van der Waals surface area contributed by atoms with Crippen molar-refractivity contribution >= 4 is 5.91 Å². The number of hydrogen-bond acceptors (Lipinski definition) is 2. The Balaban J connectivity index is 1.61. The van der Waals surface area contributed by atoms with Crippen LogP contribution in [0.4, 0.5) is 0 Å². The first-order chi connectivity index (χ1) is 10.2. The molecule has 1 unspecified atom stereocenters. The number of nitrogens with one attached hydrogen (secondary N) is 1. The Morgan fingerprint density at radius 2 is 1.62 bits per heavy atom. The molecule has 1 aliphatic carbocycles. The third-order valence-corrected chi connectivity index (χ3v) is 5.05. The molecule has 1 aliphatic heterocycles. The predicted molar refractivity (Wildman–Crippen MR) is 88.1 cm³/mol. The van der Waals surface area contributed by atoms with Crippen molar-refractivity contribution in [1.82, 2.24) is 10.2 Å². The van der Waals surface area contributed by atoms with Gasteiger partial charge in [0.2, 0.25) is 5.91 Å². The van der Waals surface area contributed by atoms with Crippen molar-refractivity contribution in [2.24, 2.45) is 0 Å². The average molecular weight is 294 g/mol. The number of nitrogens with zero attached hydrogens (tertiary/aromatic N) is 1. The van der Waals surface area contributed by atoms with E-state index >= 15 is 0 Å². The standard InChI is InChI=1S/C18H34N2O/c1-3-5-6-7-8-9-10-11-15-20-16(12-4-2)19-18(13-14-18)17(20)21/h16,19H,3-15H2,1-2H3. The van der Waals surface area contributed by atoms with E-state index in [2.05, 4.69) is 24.1 Å². The highest BCUT2D eigenvalue weighted by molar-refractivity contribution is 5.91. The topological polar surface area (TPSA) is 32.3 Å². The largest absolute Gasteiger partial charge is 0.326 e. The van der Waals surface area contributed by atoms with Crippen molar-refractivity contribution in [3.63, 3.8) is 0 Å². The lowest BCUT2D eigenvalue weighted by atomic mass is 10.1. The fraction of sp³-hybridized carbons (Fsp3) is 0.944. The summed E-state index contributed by atoms with van der Waals surface area (Å²) in [5, 5.41) is 3.59. The van der Waals surface area contributed by atoms with Gasteiger partial charge < -0.3 is 4.90 Å². The van der Waals surface area contributed by atoms with E-state index in [9.17, 15) is 4.79 Å².